The fourth-order valence-corrected chi connectivity index (χ4v) is 4.85. The lowest BCUT2D eigenvalue weighted by Gasteiger charge is -2.27. The van der Waals surface area contributed by atoms with Gasteiger partial charge in [-0.2, -0.15) is 9.97 Å². The predicted molar refractivity (Wildman–Crippen MR) is 126 cm³/mol. The molecule has 1 aromatic carbocycles. The van der Waals surface area contributed by atoms with Gasteiger partial charge in [0.05, 0.1) is 20.0 Å². The summed E-state index contributed by atoms with van der Waals surface area (Å²) in [7, 11) is -2.06. The fourth-order valence-electron chi connectivity index (χ4n) is 3.82. The number of para-hydroxylation sites is 1. The number of anilines is 1. The summed E-state index contributed by atoms with van der Waals surface area (Å²) in [6, 6.07) is 7.03. The first-order valence-corrected chi connectivity index (χ1v) is 12.3. The summed E-state index contributed by atoms with van der Waals surface area (Å²) in [5.41, 5.74) is 3.14. The number of hydrogen-bond acceptors (Lipinski definition) is 12. The van der Waals surface area contributed by atoms with Crippen molar-refractivity contribution in [3.8, 4) is 11.6 Å². The molecule has 0 bridgehead atoms. The zero-order chi connectivity index (χ0) is 26.9. The summed E-state index contributed by atoms with van der Waals surface area (Å²) in [4.78, 5) is 30.1. The number of carbonyl (C=O) groups excluding carboxylic acids is 1. The average molecular weight is 540 g/mol. The smallest absolute Gasteiger partial charge is 0.331 e. The number of rotatable bonds is 9. The zero-order valence-electron chi connectivity index (χ0n) is 20.0. The van der Waals surface area contributed by atoms with E-state index in [0.717, 1.165) is 29.8 Å². The van der Waals surface area contributed by atoms with Crippen LogP contribution in [0.25, 0.3) is 11.2 Å². The second-order valence-corrected chi connectivity index (χ2v) is 9.53. The van der Waals surface area contributed by atoms with Crippen LogP contribution in [0.5, 0.6) is 11.6 Å². The third kappa shape index (κ3) is 5.22. The number of aromatic nitrogens is 4. The Morgan fingerprint density at radius 1 is 1.38 bits per heavy atom. The molecule has 200 valence electrons. The van der Waals surface area contributed by atoms with Gasteiger partial charge in [0.2, 0.25) is 11.8 Å². The van der Waals surface area contributed by atoms with Crippen molar-refractivity contribution in [3.05, 3.63) is 36.7 Å². The maximum absolute atomic E-state index is 15.7. The highest BCUT2D eigenvalue weighted by atomic mass is 31.1. The highest BCUT2D eigenvalue weighted by Gasteiger charge is 2.55. The standard InChI is InChI=1S/C21H26FN6O8P/c1-11(18(31)33-3)28(37(32)36-12-7-5-4-6-8-12)34-9-13-15(29)21(2,22)19(35-13)27-10-24-14-16(27)25-20(23)26-17(14)30/h4-8,10-11,13,15,19,29,37H,9H2,1-3H3,(H3,23,25,26,30)/t11-,13+,15+,19+,21+/m0/s1. The number of ether oxygens (including phenoxy) is 2. The second kappa shape index (κ2) is 10.6. The van der Waals surface area contributed by atoms with Crippen LogP contribution in [0.4, 0.5) is 10.3 Å². The van der Waals surface area contributed by atoms with Crippen LogP contribution in [0.15, 0.2) is 36.7 Å². The van der Waals surface area contributed by atoms with E-state index in [1.165, 1.54) is 6.92 Å². The number of esters is 1. The number of methoxy groups -OCH3 is 1. The number of alkyl halides is 1. The summed E-state index contributed by atoms with van der Waals surface area (Å²) in [6.45, 7) is 1.97. The van der Waals surface area contributed by atoms with Gasteiger partial charge in [-0.1, -0.05) is 23.0 Å². The molecule has 0 spiro atoms. The second-order valence-electron chi connectivity index (χ2n) is 8.35. The van der Waals surface area contributed by atoms with Crippen molar-refractivity contribution in [2.24, 2.45) is 0 Å². The van der Waals surface area contributed by atoms with Gasteiger partial charge in [-0.15, -0.1) is 0 Å². The van der Waals surface area contributed by atoms with Gasteiger partial charge in [-0.3, -0.25) is 18.8 Å². The molecule has 3 aromatic rings. The molecule has 4 rings (SSSR count). The third-order valence-electron chi connectivity index (χ3n) is 5.79. The summed E-state index contributed by atoms with van der Waals surface area (Å²) >= 11 is 0. The topological polar surface area (TPSA) is 184 Å². The lowest BCUT2D eigenvalue weighted by atomic mass is 9.98. The van der Waals surface area contributed by atoms with Gasteiger partial charge >= 0.3 is 14.1 Å². The van der Waals surface area contributed by atoms with Gasteiger partial charge in [0, 0.05) is 0 Å². The lowest BCUT2D eigenvalue weighted by molar-refractivity contribution is -0.179. The number of carbonyl (C=O) groups is 1. The monoisotopic (exact) mass is 540 g/mol. The van der Waals surface area contributed by atoms with E-state index in [1.54, 1.807) is 30.3 Å². The Balaban J connectivity index is 1.54. The zero-order valence-corrected chi connectivity index (χ0v) is 21.0. The summed E-state index contributed by atoms with van der Waals surface area (Å²) < 4.78 is 45.8. The van der Waals surface area contributed by atoms with E-state index in [0.29, 0.717) is 0 Å². The number of nitrogens with two attached hydrogens (primary N) is 1. The Bertz CT molecular complexity index is 1290. The minimum Gasteiger partial charge on any atom is -0.492 e. The number of nitrogen functional groups attached to an aromatic ring is 1. The van der Waals surface area contributed by atoms with Crippen molar-refractivity contribution < 1.29 is 42.8 Å². The molecule has 37 heavy (non-hydrogen) atoms. The number of aliphatic hydroxyl groups excluding tert-OH is 1. The van der Waals surface area contributed by atoms with Crippen LogP contribution in [0.2, 0.25) is 0 Å². The maximum Gasteiger partial charge on any atom is 0.331 e. The highest BCUT2D eigenvalue weighted by Crippen LogP contribution is 2.43. The molecule has 2 aromatic heterocycles. The van der Waals surface area contributed by atoms with Gasteiger partial charge in [0.1, 0.15) is 24.0 Å². The van der Waals surface area contributed by atoms with Crippen LogP contribution in [0.1, 0.15) is 20.1 Å². The predicted octanol–water partition coefficient (Wildman–Crippen LogP) is 1.36. The largest absolute Gasteiger partial charge is 0.492 e. The molecule has 0 radical (unpaired) electrons. The summed E-state index contributed by atoms with van der Waals surface area (Å²) in [6.07, 6.45) is -3.31. The molecule has 4 N–H and O–H groups in total. The highest BCUT2D eigenvalue weighted by molar-refractivity contribution is 7.36. The molecule has 14 nitrogen and oxygen atoms in total. The van der Waals surface area contributed by atoms with Gasteiger partial charge in [0.25, 0.3) is 0 Å². The Morgan fingerprint density at radius 3 is 2.76 bits per heavy atom. The maximum atomic E-state index is 15.7. The molecule has 1 saturated heterocycles. The first-order valence-electron chi connectivity index (χ1n) is 11.0. The Morgan fingerprint density at radius 2 is 2.08 bits per heavy atom. The quantitative estimate of drug-likeness (QED) is 0.201. The number of imidazole rings is 1. The van der Waals surface area contributed by atoms with E-state index < -0.39 is 56.8 Å². The molecule has 1 unspecified atom stereocenters. The number of fused-ring (bicyclic) bond motifs is 1. The number of aliphatic hydroxyl groups is 1. The first kappa shape index (κ1) is 26.7. The van der Waals surface area contributed by atoms with E-state index >= 15 is 4.39 Å². The number of hydroxylamine groups is 1. The van der Waals surface area contributed by atoms with E-state index in [1.807, 2.05) is 0 Å². The van der Waals surface area contributed by atoms with Crippen molar-refractivity contribution >= 4 is 31.3 Å². The van der Waals surface area contributed by atoms with Crippen molar-refractivity contribution in [2.75, 3.05) is 19.5 Å². The van der Waals surface area contributed by atoms with E-state index in [9.17, 15) is 19.6 Å². The number of hydrogen-bond donors (Lipinski definition) is 3. The average Bonchev–Trinajstić information content (AvgIpc) is 3.37. The summed E-state index contributed by atoms with van der Waals surface area (Å²) in [5.74, 6) is -1.28. The summed E-state index contributed by atoms with van der Waals surface area (Å²) in [5, 5.41) is 20.7. The molecule has 16 heteroatoms. The minimum absolute atomic E-state index is 0.0186. The molecule has 1 aliphatic rings. The van der Waals surface area contributed by atoms with Crippen molar-refractivity contribution in [1.82, 2.24) is 24.4 Å². The normalized spacial score (nSPS) is 25.3. The van der Waals surface area contributed by atoms with Crippen molar-refractivity contribution in [1.29, 1.82) is 0 Å². The van der Waals surface area contributed by atoms with E-state index in [-0.39, 0.29) is 22.9 Å². The Labute approximate surface area is 210 Å². The molecule has 0 aliphatic carbocycles. The van der Waals surface area contributed by atoms with Gasteiger partial charge < -0.3 is 29.9 Å². The van der Waals surface area contributed by atoms with Crippen molar-refractivity contribution in [3.63, 3.8) is 0 Å². The molecule has 6 atom stereocenters. The molecule has 3 heterocycles. The van der Waals surface area contributed by atoms with Crippen LogP contribution < -0.4 is 10.3 Å². The van der Waals surface area contributed by atoms with Gasteiger partial charge in [-0.05, 0) is 26.0 Å². The molecule has 0 saturated carbocycles. The lowest BCUT2D eigenvalue weighted by Crippen LogP contribution is -2.42. The molecule has 0 amide bonds. The SMILES string of the molecule is COC(=O)[C@H](C)N(OC[C@H]1O[C@@H](n2cnc3c(O)nc(N)nc32)[C@](C)(F)[C@@H]1O)[PH](=O)Oc1ccccc1. The molecule has 1 aliphatic heterocycles. The van der Waals surface area contributed by atoms with Gasteiger partial charge in [0.15, 0.2) is 23.1 Å². The Kier molecular flexibility index (Phi) is 7.62. The molecular weight excluding hydrogens is 514 g/mol. The number of aromatic hydroxyl groups is 1. The first-order chi connectivity index (χ1) is 17.5. The number of benzene rings is 1. The van der Waals surface area contributed by atoms with Crippen LogP contribution in [0, 0.1) is 0 Å². The van der Waals surface area contributed by atoms with Crippen LogP contribution in [0.3, 0.4) is 0 Å². The van der Waals surface area contributed by atoms with Crippen molar-refractivity contribution in [2.45, 2.75) is 44.0 Å². The van der Waals surface area contributed by atoms with Crippen LogP contribution >= 0.6 is 8.18 Å². The van der Waals surface area contributed by atoms with E-state index in [4.69, 9.17) is 24.6 Å². The number of nitrogens with zero attached hydrogens (tertiary/aromatic N) is 5. The van der Waals surface area contributed by atoms with Crippen LogP contribution in [-0.4, -0.2) is 78.2 Å². The third-order valence-corrected chi connectivity index (χ3v) is 7.08. The van der Waals surface area contributed by atoms with E-state index in [2.05, 4.69) is 15.0 Å². The fraction of sp³-hybridized carbons (Fsp3) is 0.429. The Hall–Kier alpha value is -3.36. The minimum atomic E-state index is -3.21. The number of halogens is 1. The van der Waals surface area contributed by atoms with Crippen LogP contribution in [-0.2, 0) is 23.7 Å². The molecule has 1 fully saturated rings. The van der Waals surface area contributed by atoms with Gasteiger partial charge in [-0.25, -0.2) is 9.37 Å². The molecular formula is C21H26FN6O8P.